The second-order valence-electron chi connectivity index (χ2n) is 4.65. The Morgan fingerprint density at radius 3 is 2.57 bits per heavy atom. The van der Waals surface area contributed by atoms with Crippen LogP contribution in [0.2, 0.25) is 5.02 Å². The lowest BCUT2D eigenvalue weighted by atomic mass is 10.0. The Labute approximate surface area is 127 Å². The number of carboxylic acid groups (broad SMARTS) is 1. The topological polar surface area (TPSA) is 66.4 Å². The molecule has 0 unspecified atom stereocenters. The van der Waals surface area contributed by atoms with Crippen molar-refractivity contribution in [3.05, 3.63) is 64.2 Å². The van der Waals surface area contributed by atoms with Crippen molar-refractivity contribution < 1.29 is 14.7 Å². The van der Waals surface area contributed by atoms with Crippen molar-refractivity contribution in [2.45, 2.75) is 13.3 Å². The number of carboxylic acids is 1. The van der Waals surface area contributed by atoms with E-state index < -0.39 is 5.97 Å². The van der Waals surface area contributed by atoms with Gasteiger partial charge >= 0.3 is 5.97 Å². The van der Waals surface area contributed by atoms with Gasteiger partial charge in [-0.15, -0.1) is 0 Å². The summed E-state index contributed by atoms with van der Waals surface area (Å²) >= 11 is 6.00. The van der Waals surface area contributed by atoms with Crippen LogP contribution in [-0.2, 0) is 11.2 Å². The van der Waals surface area contributed by atoms with Gasteiger partial charge in [0, 0.05) is 10.7 Å². The van der Waals surface area contributed by atoms with Gasteiger partial charge in [0.1, 0.15) is 0 Å². The maximum Gasteiger partial charge on any atom is 0.335 e. The number of hydrogen-bond donors (Lipinski definition) is 2. The number of hydrogen-bond acceptors (Lipinski definition) is 2. The summed E-state index contributed by atoms with van der Waals surface area (Å²) in [5.74, 6) is -1.33. The van der Waals surface area contributed by atoms with Gasteiger partial charge in [-0.25, -0.2) is 4.79 Å². The first-order valence-electron chi connectivity index (χ1n) is 6.34. The Balaban J connectivity index is 2.12. The largest absolute Gasteiger partial charge is 0.478 e. The highest BCUT2D eigenvalue weighted by molar-refractivity contribution is 6.31. The van der Waals surface area contributed by atoms with E-state index in [2.05, 4.69) is 5.32 Å². The second-order valence-corrected chi connectivity index (χ2v) is 5.06. The molecule has 2 rings (SSSR count). The number of anilines is 1. The standard InChI is InChI=1S/C16H14ClNO3/c1-10-6-7-12(9-14(10)17)18-15(19)8-11-4-2-3-5-13(11)16(20)21/h2-7,9H,8H2,1H3,(H,18,19)(H,20,21). The third-order valence-corrected chi connectivity index (χ3v) is 3.46. The SMILES string of the molecule is Cc1ccc(NC(=O)Cc2ccccc2C(=O)O)cc1Cl. The van der Waals surface area contributed by atoms with Crippen LogP contribution in [0.1, 0.15) is 21.5 Å². The van der Waals surface area contributed by atoms with Crippen LogP contribution in [0.4, 0.5) is 5.69 Å². The van der Waals surface area contributed by atoms with Crippen molar-refractivity contribution >= 4 is 29.2 Å². The van der Waals surface area contributed by atoms with Gasteiger partial charge in [-0.05, 0) is 36.2 Å². The average Bonchev–Trinajstić information content (AvgIpc) is 2.43. The van der Waals surface area contributed by atoms with E-state index in [1.807, 2.05) is 13.0 Å². The van der Waals surface area contributed by atoms with E-state index in [0.717, 1.165) is 5.56 Å². The quantitative estimate of drug-likeness (QED) is 0.908. The zero-order valence-corrected chi connectivity index (χ0v) is 12.1. The predicted octanol–water partition coefficient (Wildman–Crippen LogP) is 3.53. The van der Waals surface area contributed by atoms with Crippen LogP contribution in [0.3, 0.4) is 0 Å². The molecule has 21 heavy (non-hydrogen) atoms. The summed E-state index contributed by atoms with van der Waals surface area (Å²) in [5, 5.41) is 12.4. The van der Waals surface area contributed by atoms with Crippen LogP contribution in [0.15, 0.2) is 42.5 Å². The molecule has 0 aliphatic heterocycles. The molecule has 5 heteroatoms. The van der Waals surface area contributed by atoms with E-state index in [1.54, 1.807) is 30.3 Å². The van der Waals surface area contributed by atoms with E-state index in [1.165, 1.54) is 6.07 Å². The Morgan fingerprint density at radius 1 is 1.19 bits per heavy atom. The molecule has 2 aromatic rings. The fourth-order valence-electron chi connectivity index (χ4n) is 1.93. The fourth-order valence-corrected chi connectivity index (χ4v) is 2.11. The molecule has 0 aromatic heterocycles. The zero-order valence-electron chi connectivity index (χ0n) is 11.4. The Hall–Kier alpha value is -2.33. The number of amides is 1. The Kier molecular flexibility index (Phi) is 4.60. The molecule has 0 aliphatic rings. The number of benzene rings is 2. The molecule has 0 radical (unpaired) electrons. The third-order valence-electron chi connectivity index (χ3n) is 3.05. The molecule has 1 amide bonds. The number of halogens is 1. The van der Waals surface area contributed by atoms with Crippen molar-refractivity contribution in [1.82, 2.24) is 0 Å². The van der Waals surface area contributed by atoms with Crippen LogP contribution in [0.5, 0.6) is 0 Å². The Bertz CT molecular complexity index is 698. The highest BCUT2D eigenvalue weighted by Gasteiger charge is 2.12. The van der Waals surface area contributed by atoms with Crippen LogP contribution in [0.25, 0.3) is 0 Å². The van der Waals surface area contributed by atoms with Gasteiger partial charge in [-0.2, -0.15) is 0 Å². The minimum atomic E-state index is -1.04. The molecule has 0 saturated carbocycles. The Morgan fingerprint density at radius 2 is 1.90 bits per heavy atom. The molecule has 0 fully saturated rings. The van der Waals surface area contributed by atoms with Crippen LogP contribution >= 0.6 is 11.6 Å². The lowest BCUT2D eigenvalue weighted by Crippen LogP contribution is -2.16. The van der Waals surface area contributed by atoms with Crippen LogP contribution < -0.4 is 5.32 Å². The van der Waals surface area contributed by atoms with E-state index in [4.69, 9.17) is 16.7 Å². The maximum absolute atomic E-state index is 12.0. The lowest BCUT2D eigenvalue weighted by molar-refractivity contribution is -0.115. The normalized spacial score (nSPS) is 10.2. The van der Waals surface area contributed by atoms with Crippen molar-refractivity contribution in [2.75, 3.05) is 5.32 Å². The van der Waals surface area contributed by atoms with Crippen molar-refractivity contribution in [2.24, 2.45) is 0 Å². The lowest BCUT2D eigenvalue weighted by Gasteiger charge is -2.08. The number of aromatic carboxylic acids is 1. The zero-order chi connectivity index (χ0) is 15.4. The number of nitrogens with one attached hydrogen (secondary N) is 1. The number of rotatable bonds is 4. The van der Waals surface area contributed by atoms with E-state index in [0.29, 0.717) is 16.3 Å². The van der Waals surface area contributed by atoms with Crippen molar-refractivity contribution in [3.63, 3.8) is 0 Å². The van der Waals surface area contributed by atoms with E-state index >= 15 is 0 Å². The van der Waals surface area contributed by atoms with Gasteiger partial charge in [0.2, 0.25) is 5.91 Å². The molecule has 108 valence electrons. The van der Waals surface area contributed by atoms with Crippen molar-refractivity contribution in [1.29, 1.82) is 0 Å². The molecular formula is C16H14ClNO3. The van der Waals surface area contributed by atoms with E-state index in [-0.39, 0.29) is 17.9 Å². The minimum absolute atomic E-state index is 0.00598. The van der Waals surface area contributed by atoms with Gasteiger partial charge < -0.3 is 10.4 Å². The van der Waals surface area contributed by atoms with Gasteiger partial charge in [-0.3, -0.25) is 4.79 Å². The van der Waals surface area contributed by atoms with Gasteiger partial charge in [0.25, 0.3) is 0 Å². The second kappa shape index (κ2) is 6.41. The predicted molar refractivity (Wildman–Crippen MR) is 81.9 cm³/mol. The summed E-state index contributed by atoms with van der Waals surface area (Å²) in [7, 11) is 0. The number of carbonyl (C=O) groups is 2. The first-order valence-corrected chi connectivity index (χ1v) is 6.72. The molecule has 0 atom stereocenters. The minimum Gasteiger partial charge on any atom is -0.478 e. The molecule has 0 spiro atoms. The fraction of sp³-hybridized carbons (Fsp3) is 0.125. The third kappa shape index (κ3) is 3.83. The first kappa shape index (κ1) is 15.1. The van der Waals surface area contributed by atoms with Gasteiger partial charge in [-0.1, -0.05) is 35.9 Å². The summed E-state index contributed by atoms with van der Waals surface area (Å²) in [4.78, 5) is 23.1. The summed E-state index contributed by atoms with van der Waals surface area (Å²) in [6, 6.07) is 11.7. The maximum atomic E-state index is 12.0. The highest BCUT2D eigenvalue weighted by Crippen LogP contribution is 2.20. The smallest absolute Gasteiger partial charge is 0.335 e. The summed E-state index contributed by atoms with van der Waals surface area (Å²) in [6.45, 7) is 1.87. The molecule has 0 saturated heterocycles. The van der Waals surface area contributed by atoms with Gasteiger partial charge in [0.05, 0.1) is 12.0 Å². The molecule has 0 heterocycles. The molecule has 2 aromatic carbocycles. The summed E-state index contributed by atoms with van der Waals surface area (Å²) in [6.07, 6.45) is -0.00598. The molecular weight excluding hydrogens is 290 g/mol. The highest BCUT2D eigenvalue weighted by atomic mass is 35.5. The first-order chi connectivity index (χ1) is 9.97. The summed E-state index contributed by atoms with van der Waals surface area (Å²) in [5.41, 5.74) is 2.12. The average molecular weight is 304 g/mol. The molecule has 0 aliphatic carbocycles. The number of aryl methyl sites for hydroxylation is 1. The van der Waals surface area contributed by atoms with E-state index in [9.17, 15) is 9.59 Å². The van der Waals surface area contributed by atoms with Crippen LogP contribution in [-0.4, -0.2) is 17.0 Å². The monoisotopic (exact) mass is 303 g/mol. The van der Waals surface area contributed by atoms with Gasteiger partial charge in [0.15, 0.2) is 0 Å². The van der Waals surface area contributed by atoms with Crippen molar-refractivity contribution in [3.8, 4) is 0 Å². The molecule has 4 nitrogen and oxygen atoms in total. The molecule has 2 N–H and O–H groups in total. The number of carbonyl (C=O) groups excluding carboxylic acids is 1. The molecule has 0 bridgehead atoms. The summed E-state index contributed by atoms with van der Waals surface area (Å²) < 4.78 is 0. The van der Waals surface area contributed by atoms with Crippen LogP contribution in [0, 0.1) is 6.92 Å².